The number of unbranched alkanes of at least 4 members (excludes halogenated alkanes) is 3. The zero-order valence-electron chi connectivity index (χ0n) is 8.68. The lowest BCUT2D eigenvalue weighted by molar-refractivity contribution is 0.358. The van der Waals surface area contributed by atoms with Gasteiger partial charge in [0.25, 0.3) is 0 Å². The van der Waals surface area contributed by atoms with Crippen LogP contribution >= 0.6 is 0 Å². The first-order valence-electron chi connectivity index (χ1n) is 5.21. The van der Waals surface area contributed by atoms with Gasteiger partial charge in [-0.1, -0.05) is 39.7 Å². The average molecular weight is 169 g/mol. The quantitative estimate of drug-likeness (QED) is 0.503. The Bertz CT molecular complexity index is 99.2. The molecular formula is C11H23N. The number of hydrogen-bond donors (Lipinski definition) is 0. The van der Waals surface area contributed by atoms with Crippen molar-refractivity contribution >= 4 is 0 Å². The summed E-state index contributed by atoms with van der Waals surface area (Å²) in [5.41, 5.74) is 0. The molecule has 0 aromatic rings. The molecule has 0 saturated carbocycles. The lowest BCUT2D eigenvalue weighted by atomic mass is 10.2. The molecule has 0 saturated heterocycles. The normalized spacial score (nSPS) is 9.83. The van der Waals surface area contributed by atoms with E-state index < -0.39 is 0 Å². The van der Waals surface area contributed by atoms with Crippen molar-refractivity contribution in [2.24, 2.45) is 0 Å². The topological polar surface area (TPSA) is 3.24 Å². The molecular weight excluding hydrogens is 146 g/mol. The van der Waals surface area contributed by atoms with E-state index in [2.05, 4.69) is 25.3 Å². The Morgan fingerprint density at radius 1 is 1.00 bits per heavy atom. The summed E-state index contributed by atoms with van der Waals surface area (Å²) in [5.74, 6) is 0. The van der Waals surface area contributed by atoms with Gasteiger partial charge in [-0.2, -0.15) is 0 Å². The van der Waals surface area contributed by atoms with E-state index in [4.69, 9.17) is 0 Å². The first-order valence-corrected chi connectivity index (χ1v) is 5.21. The Morgan fingerprint density at radius 2 is 1.58 bits per heavy atom. The van der Waals surface area contributed by atoms with Crippen LogP contribution in [-0.4, -0.2) is 18.0 Å². The molecule has 0 heterocycles. The predicted octanol–water partition coefficient (Wildman–Crippen LogP) is 3.42. The lowest BCUT2D eigenvalue weighted by Crippen LogP contribution is -2.19. The molecule has 12 heavy (non-hydrogen) atoms. The fourth-order valence-electron chi connectivity index (χ4n) is 1.22. The summed E-state index contributed by atoms with van der Waals surface area (Å²) < 4.78 is 0. The van der Waals surface area contributed by atoms with E-state index in [0.29, 0.717) is 0 Å². The van der Waals surface area contributed by atoms with Crippen molar-refractivity contribution in [2.75, 3.05) is 13.1 Å². The van der Waals surface area contributed by atoms with Crippen LogP contribution in [0.1, 0.15) is 46.0 Å². The largest absolute Gasteiger partial charge is 0.378 e. The second-order valence-corrected chi connectivity index (χ2v) is 3.28. The van der Waals surface area contributed by atoms with Crippen LogP contribution < -0.4 is 0 Å². The summed E-state index contributed by atoms with van der Waals surface area (Å²) in [6, 6.07) is 0. The Balaban J connectivity index is 3.32. The molecule has 1 heteroatoms. The van der Waals surface area contributed by atoms with Crippen LogP contribution in [0.25, 0.3) is 0 Å². The molecule has 0 aliphatic rings. The Kier molecular flexibility index (Phi) is 8.30. The molecule has 0 fully saturated rings. The molecule has 0 radical (unpaired) electrons. The van der Waals surface area contributed by atoms with Crippen molar-refractivity contribution in [1.29, 1.82) is 0 Å². The van der Waals surface area contributed by atoms with Gasteiger partial charge in [0, 0.05) is 13.1 Å². The lowest BCUT2D eigenvalue weighted by Gasteiger charge is -2.19. The summed E-state index contributed by atoms with van der Waals surface area (Å²) in [4.78, 5) is 2.33. The Labute approximate surface area is 77.5 Å². The molecule has 0 unspecified atom stereocenters. The molecule has 0 rings (SSSR count). The predicted molar refractivity (Wildman–Crippen MR) is 56.2 cm³/mol. The Hall–Kier alpha value is -0.460. The van der Waals surface area contributed by atoms with Crippen LogP contribution in [0.15, 0.2) is 12.8 Å². The Morgan fingerprint density at radius 3 is 2.08 bits per heavy atom. The van der Waals surface area contributed by atoms with Crippen LogP contribution in [0.5, 0.6) is 0 Å². The van der Waals surface area contributed by atoms with E-state index in [0.717, 1.165) is 0 Å². The fraction of sp³-hybridized carbons (Fsp3) is 0.818. The standard InChI is InChI=1S/C11H23N/c1-4-7-9-11-12(6-3)10-8-5-2/h6H,3-5,7-11H2,1-2H3. The highest BCUT2D eigenvalue weighted by Gasteiger charge is 1.96. The van der Waals surface area contributed by atoms with Gasteiger partial charge in [-0.15, -0.1) is 0 Å². The summed E-state index contributed by atoms with van der Waals surface area (Å²) in [5, 5.41) is 0. The molecule has 0 aromatic heterocycles. The monoisotopic (exact) mass is 169 g/mol. The second-order valence-electron chi connectivity index (χ2n) is 3.28. The van der Waals surface area contributed by atoms with Crippen molar-refractivity contribution in [1.82, 2.24) is 4.90 Å². The minimum Gasteiger partial charge on any atom is -0.378 e. The van der Waals surface area contributed by atoms with Gasteiger partial charge in [0.15, 0.2) is 0 Å². The van der Waals surface area contributed by atoms with E-state index in [-0.39, 0.29) is 0 Å². The van der Waals surface area contributed by atoms with Gasteiger partial charge < -0.3 is 4.90 Å². The van der Waals surface area contributed by atoms with Crippen LogP contribution in [-0.2, 0) is 0 Å². The van der Waals surface area contributed by atoms with Crippen molar-refractivity contribution < 1.29 is 0 Å². The van der Waals surface area contributed by atoms with Crippen molar-refractivity contribution in [2.45, 2.75) is 46.0 Å². The van der Waals surface area contributed by atoms with Crippen LogP contribution in [0.4, 0.5) is 0 Å². The van der Waals surface area contributed by atoms with Gasteiger partial charge in [-0.3, -0.25) is 0 Å². The van der Waals surface area contributed by atoms with Crippen molar-refractivity contribution in [3.8, 4) is 0 Å². The van der Waals surface area contributed by atoms with Crippen LogP contribution in [0.3, 0.4) is 0 Å². The van der Waals surface area contributed by atoms with E-state index in [1.807, 2.05) is 6.20 Å². The SMILES string of the molecule is C=CN(CCCC)CCCCC. The van der Waals surface area contributed by atoms with Gasteiger partial charge in [0.05, 0.1) is 0 Å². The van der Waals surface area contributed by atoms with E-state index in [1.165, 1.54) is 45.2 Å². The van der Waals surface area contributed by atoms with Gasteiger partial charge in [-0.05, 0) is 19.0 Å². The molecule has 72 valence electrons. The average Bonchev–Trinajstić information content (AvgIpc) is 2.11. The fourth-order valence-corrected chi connectivity index (χ4v) is 1.22. The molecule has 0 aliphatic heterocycles. The summed E-state index contributed by atoms with van der Waals surface area (Å²) in [6.45, 7) is 10.7. The zero-order chi connectivity index (χ0) is 9.23. The maximum absolute atomic E-state index is 3.82. The highest BCUT2D eigenvalue weighted by Crippen LogP contribution is 2.00. The number of rotatable bonds is 8. The molecule has 0 aromatic carbocycles. The summed E-state index contributed by atoms with van der Waals surface area (Å²) >= 11 is 0. The van der Waals surface area contributed by atoms with Crippen LogP contribution in [0.2, 0.25) is 0 Å². The second kappa shape index (κ2) is 8.63. The first kappa shape index (κ1) is 11.5. The van der Waals surface area contributed by atoms with E-state index in [1.54, 1.807) is 0 Å². The maximum Gasteiger partial charge on any atom is 0.0172 e. The molecule has 0 amide bonds. The molecule has 0 spiro atoms. The minimum absolute atomic E-state index is 1.18. The summed E-state index contributed by atoms with van der Waals surface area (Å²) in [7, 11) is 0. The summed E-state index contributed by atoms with van der Waals surface area (Å²) in [6.07, 6.45) is 8.50. The minimum atomic E-state index is 1.18. The van der Waals surface area contributed by atoms with E-state index >= 15 is 0 Å². The van der Waals surface area contributed by atoms with Crippen LogP contribution in [0, 0.1) is 0 Å². The van der Waals surface area contributed by atoms with Crippen molar-refractivity contribution in [3.63, 3.8) is 0 Å². The smallest absolute Gasteiger partial charge is 0.0172 e. The van der Waals surface area contributed by atoms with Gasteiger partial charge in [-0.25, -0.2) is 0 Å². The highest BCUT2D eigenvalue weighted by molar-refractivity contribution is 4.70. The third-order valence-corrected chi connectivity index (χ3v) is 2.11. The number of hydrogen-bond acceptors (Lipinski definition) is 1. The highest BCUT2D eigenvalue weighted by atomic mass is 15.1. The molecule has 0 N–H and O–H groups in total. The van der Waals surface area contributed by atoms with Gasteiger partial charge in [0.1, 0.15) is 0 Å². The first-order chi connectivity index (χ1) is 5.85. The maximum atomic E-state index is 3.82. The third-order valence-electron chi connectivity index (χ3n) is 2.11. The van der Waals surface area contributed by atoms with Gasteiger partial charge in [0.2, 0.25) is 0 Å². The zero-order valence-corrected chi connectivity index (χ0v) is 8.68. The molecule has 1 nitrogen and oxygen atoms in total. The third kappa shape index (κ3) is 6.26. The van der Waals surface area contributed by atoms with Gasteiger partial charge >= 0.3 is 0 Å². The molecule has 0 bridgehead atoms. The van der Waals surface area contributed by atoms with Crippen molar-refractivity contribution in [3.05, 3.63) is 12.8 Å². The number of nitrogens with zero attached hydrogens (tertiary/aromatic N) is 1. The molecule has 0 atom stereocenters. The van der Waals surface area contributed by atoms with E-state index in [9.17, 15) is 0 Å². The molecule has 0 aliphatic carbocycles.